The van der Waals surface area contributed by atoms with Crippen molar-refractivity contribution < 1.29 is 9.53 Å². The van der Waals surface area contributed by atoms with Gasteiger partial charge in [-0.25, -0.2) is 9.97 Å². The number of anilines is 2. The van der Waals surface area contributed by atoms with Gasteiger partial charge in [0.2, 0.25) is 0 Å². The zero-order valence-corrected chi connectivity index (χ0v) is 15.6. The molecule has 1 atom stereocenters. The molecule has 3 aromatic rings. The van der Waals surface area contributed by atoms with Crippen molar-refractivity contribution in [3.05, 3.63) is 59.7 Å². The molecular weight excluding hydrogens is 352 g/mol. The van der Waals surface area contributed by atoms with E-state index in [2.05, 4.69) is 16.3 Å². The number of benzene rings is 2. The Morgan fingerprint density at radius 2 is 1.71 bits per heavy atom. The smallest absolute Gasteiger partial charge is 0.259 e. The molecule has 3 heterocycles. The van der Waals surface area contributed by atoms with Crippen LogP contribution in [0.25, 0.3) is 11.0 Å². The Kier molecular flexibility index (Phi) is 4.41. The minimum atomic E-state index is -0.621. The van der Waals surface area contributed by atoms with Crippen molar-refractivity contribution in [1.29, 1.82) is 0 Å². The number of hydrogen-bond donors (Lipinski definition) is 1. The minimum Gasteiger partial charge on any atom is -0.363 e. The lowest BCUT2D eigenvalue weighted by molar-refractivity contribution is -0.128. The maximum Gasteiger partial charge on any atom is 0.259 e. The van der Waals surface area contributed by atoms with Crippen molar-refractivity contribution in [3.8, 4) is 0 Å². The highest BCUT2D eigenvalue weighted by Crippen LogP contribution is 2.31. The fourth-order valence-corrected chi connectivity index (χ4v) is 4.02. The van der Waals surface area contributed by atoms with E-state index >= 15 is 0 Å². The molecule has 0 saturated carbocycles. The molecule has 0 bridgehead atoms. The summed E-state index contributed by atoms with van der Waals surface area (Å²) in [5.41, 5.74) is 3.70. The third-order valence-corrected chi connectivity index (χ3v) is 5.43. The highest BCUT2D eigenvalue weighted by molar-refractivity contribution is 5.97. The maximum absolute atomic E-state index is 13.1. The SMILES string of the molecule is O=C(Nc1nc2ccccc2nc1N1CCCC1)C1OCCc2ccccc21. The van der Waals surface area contributed by atoms with Gasteiger partial charge in [0, 0.05) is 13.1 Å². The molecule has 1 unspecified atom stereocenters. The van der Waals surface area contributed by atoms with Gasteiger partial charge in [-0.2, -0.15) is 0 Å². The number of nitrogens with one attached hydrogen (secondary N) is 1. The van der Waals surface area contributed by atoms with Gasteiger partial charge in [0.05, 0.1) is 17.6 Å². The van der Waals surface area contributed by atoms with Gasteiger partial charge in [-0.05, 0) is 42.5 Å². The molecule has 5 rings (SSSR count). The van der Waals surface area contributed by atoms with E-state index in [-0.39, 0.29) is 5.91 Å². The van der Waals surface area contributed by atoms with Crippen LogP contribution < -0.4 is 10.2 Å². The van der Waals surface area contributed by atoms with Gasteiger partial charge < -0.3 is 15.0 Å². The molecule has 28 heavy (non-hydrogen) atoms. The van der Waals surface area contributed by atoms with Gasteiger partial charge in [0.1, 0.15) is 0 Å². The number of carbonyl (C=O) groups excluding carboxylic acids is 1. The molecule has 6 heteroatoms. The Morgan fingerprint density at radius 1 is 1.00 bits per heavy atom. The van der Waals surface area contributed by atoms with Crippen molar-refractivity contribution in [2.45, 2.75) is 25.4 Å². The van der Waals surface area contributed by atoms with Crippen LogP contribution in [0.15, 0.2) is 48.5 Å². The van der Waals surface area contributed by atoms with Crippen molar-refractivity contribution >= 4 is 28.6 Å². The van der Waals surface area contributed by atoms with Gasteiger partial charge in [-0.15, -0.1) is 0 Å². The van der Waals surface area contributed by atoms with E-state index in [1.807, 2.05) is 42.5 Å². The van der Waals surface area contributed by atoms with Crippen molar-refractivity contribution in [1.82, 2.24) is 9.97 Å². The fraction of sp³-hybridized carbons (Fsp3) is 0.318. The maximum atomic E-state index is 13.1. The average molecular weight is 374 g/mol. The molecule has 1 aromatic heterocycles. The predicted molar refractivity (Wildman–Crippen MR) is 108 cm³/mol. The van der Waals surface area contributed by atoms with Crippen LogP contribution in [0.5, 0.6) is 0 Å². The average Bonchev–Trinajstić information content (AvgIpc) is 3.27. The number of nitrogens with zero attached hydrogens (tertiary/aromatic N) is 3. The Hall–Kier alpha value is -2.99. The first-order chi connectivity index (χ1) is 13.8. The van der Waals surface area contributed by atoms with Gasteiger partial charge in [0.25, 0.3) is 5.91 Å². The molecule has 0 radical (unpaired) electrons. The summed E-state index contributed by atoms with van der Waals surface area (Å²) in [6.45, 7) is 2.40. The number of fused-ring (bicyclic) bond motifs is 2. The quantitative estimate of drug-likeness (QED) is 0.760. The van der Waals surface area contributed by atoms with Gasteiger partial charge in [-0.3, -0.25) is 4.79 Å². The van der Waals surface area contributed by atoms with Crippen LogP contribution in [0.3, 0.4) is 0 Å². The number of para-hydroxylation sites is 2. The summed E-state index contributed by atoms with van der Waals surface area (Å²) in [6.07, 6.45) is 2.46. The third-order valence-electron chi connectivity index (χ3n) is 5.43. The van der Waals surface area contributed by atoms with E-state index < -0.39 is 6.10 Å². The first-order valence-electron chi connectivity index (χ1n) is 9.81. The number of rotatable bonds is 3. The van der Waals surface area contributed by atoms with Gasteiger partial charge >= 0.3 is 0 Å². The molecule has 0 aliphatic carbocycles. The number of amides is 1. The second-order valence-corrected chi connectivity index (χ2v) is 7.27. The molecule has 1 fully saturated rings. The molecule has 2 aliphatic heterocycles. The Labute approximate surface area is 163 Å². The van der Waals surface area contributed by atoms with E-state index in [4.69, 9.17) is 14.7 Å². The zero-order valence-electron chi connectivity index (χ0n) is 15.6. The molecule has 6 nitrogen and oxygen atoms in total. The molecule has 0 spiro atoms. The van der Waals surface area contributed by atoms with E-state index in [9.17, 15) is 4.79 Å². The van der Waals surface area contributed by atoms with Crippen LogP contribution in [-0.2, 0) is 16.0 Å². The van der Waals surface area contributed by atoms with Crippen molar-refractivity contribution in [2.24, 2.45) is 0 Å². The van der Waals surface area contributed by atoms with Crippen molar-refractivity contribution in [3.63, 3.8) is 0 Å². The number of carbonyl (C=O) groups is 1. The summed E-state index contributed by atoms with van der Waals surface area (Å²) in [4.78, 5) is 24.8. The second kappa shape index (κ2) is 7.20. The van der Waals surface area contributed by atoms with E-state index in [0.717, 1.165) is 54.8 Å². The minimum absolute atomic E-state index is 0.197. The van der Waals surface area contributed by atoms with Crippen LogP contribution in [0.4, 0.5) is 11.6 Å². The van der Waals surface area contributed by atoms with E-state index in [1.165, 1.54) is 5.56 Å². The first kappa shape index (κ1) is 17.1. The summed E-state index contributed by atoms with van der Waals surface area (Å²) in [5, 5.41) is 3.01. The summed E-state index contributed by atoms with van der Waals surface area (Å²) in [5.74, 6) is 1.06. The van der Waals surface area contributed by atoms with Crippen LogP contribution in [0.1, 0.15) is 30.1 Å². The zero-order chi connectivity index (χ0) is 18.9. The van der Waals surface area contributed by atoms with Crippen LogP contribution in [0.2, 0.25) is 0 Å². The monoisotopic (exact) mass is 374 g/mol. The van der Waals surface area contributed by atoms with Crippen LogP contribution >= 0.6 is 0 Å². The predicted octanol–water partition coefficient (Wildman–Crippen LogP) is 3.48. The Balaban J connectivity index is 1.50. The van der Waals surface area contributed by atoms with E-state index in [0.29, 0.717) is 12.4 Å². The molecular formula is C22H22N4O2. The molecule has 1 amide bonds. The normalized spacial score (nSPS) is 18.9. The standard InChI is InChI=1S/C22H22N4O2/c27-22(19-16-8-2-1-7-15(16)11-14-28-19)25-20-21(26-12-5-6-13-26)24-18-10-4-3-9-17(18)23-20/h1-4,7-10,19H,5-6,11-14H2,(H,23,25,27). The second-order valence-electron chi connectivity index (χ2n) is 7.27. The number of ether oxygens (including phenoxy) is 1. The van der Waals surface area contributed by atoms with Crippen molar-refractivity contribution in [2.75, 3.05) is 29.9 Å². The van der Waals surface area contributed by atoms with Gasteiger partial charge in [0.15, 0.2) is 17.7 Å². The number of aromatic nitrogens is 2. The molecule has 2 aliphatic rings. The van der Waals surface area contributed by atoms with Crippen LogP contribution in [0, 0.1) is 0 Å². The largest absolute Gasteiger partial charge is 0.363 e. The molecule has 1 N–H and O–H groups in total. The lowest BCUT2D eigenvalue weighted by Gasteiger charge is -2.26. The summed E-state index contributed by atoms with van der Waals surface area (Å²) < 4.78 is 5.82. The molecule has 2 aromatic carbocycles. The lowest BCUT2D eigenvalue weighted by Crippen LogP contribution is -2.30. The lowest BCUT2D eigenvalue weighted by atomic mass is 9.97. The van der Waals surface area contributed by atoms with Gasteiger partial charge in [-0.1, -0.05) is 36.4 Å². The van der Waals surface area contributed by atoms with E-state index in [1.54, 1.807) is 0 Å². The summed E-state index contributed by atoms with van der Waals surface area (Å²) in [6, 6.07) is 15.7. The third kappa shape index (κ3) is 3.10. The fourth-order valence-electron chi connectivity index (χ4n) is 4.02. The number of hydrogen-bond acceptors (Lipinski definition) is 5. The highest BCUT2D eigenvalue weighted by atomic mass is 16.5. The summed E-state index contributed by atoms with van der Waals surface area (Å²) >= 11 is 0. The summed E-state index contributed by atoms with van der Waals surface area (Å²) in [7, 11) is 0. The van der Waals surface area contributed by atoms with Crippen LogP contribution in [-0.4, -0.2) is 35.6 Å². The Morgan fingerprint density at radius 3 is 2.54 bits per heavy atom. The molecule has 142 valence electrons. The first-order valence-corrected chi connectivity index (χ1v) is 9.81. The Bertz CT molecular complexity index is 1030. The molecule has 1 saturated heterocycles. The topological polar surface area (TPSA) is 67.4 Å². The highest BCUT2D eigenvalue weighted by Gasteiger charge is 2.29.